The second kappa shape index (κ2) is 7.12. The summed E-state index contributed by atoms with van der Waals surface area (Å²) < 4.78 is 0. The predicted molar refractivity (Wildman–Crippen MR) is 69.8 cm³/mol. The summed E-state index contributed by atoms with van der Waals surface area (Å²) in [5, 5.41) is 0. The van der Waals surface area contributed by atoms with Crippen molar-refractivity contribution in [3.63, 3.8) is 0 Å². The van der Waals surface area contributed by atoms with Crippen LogP contribution in [-0.2, 0) is 6.42 Å². The van der Waals surface area contributed by atoms with E-state index in [4.69, 9.17) is 6.42 Å². The lowest BCUT2D eigenvalue weighted by molar-refractivity contribution is 0.649. The molecular formula is C16H21. The molecule has 1 aromatic rings. The van der Waals surface area contributed by atoms with Crippen LogP contribution in [0.1, 0.15) is 48.8 Å². The van der Waals surface area contributed by atoms with E-state index in [0.29, 0.717) is 0 Å². The van der Waals surface area contributed by atoms with Crippen molar-refractivity contribution in [2.24, 2.45) is 0 Å². The van der Waals surface area contributed by atoms with Crippen molar-refractivity contribution in [1.82, 2.24) is 0 Å². The van der Waals surface area contributed by atoms with E-state index in [1.165, 1.54) is 42.4 Å². The Kier molecular flexibility index (Phi) is 5.72. The van der Waals surface area contributed by atoms with Gasteiger partial charge in [-0.25, -0.2) is 0 Å². The molecule has 0 heterocycles. The van der Waals surface area contributed by atoms with Gasteiger partial charge in [0.1, 0.15) is 0 Å². The summed E-state index contributed by atoms with van der Waals surface area (Å²) in [5.74, 6) is 2.44. The molecule has 1 aromatic carbocycles. The third kappa shape index (κ3) is 4.53. The molecule has 0 aromatic heterocycles. The van der Waals surface area contributed by atoms with Gasteiger partial charge in [0.05, 0.1) is 0 Å². The fraction of sp³-hybridized carbons (Fsp3) is 0.500. The van der Waals surface area contributed by atoms with Gasteiger partial charge in [-0.1, -0.05) is 42.5 Å². The molecule has 0 aliphatic heterocycles. The number of aryl methyl sites for hydroxylation is 3. The zero-order chi connectivity index (χ0) is 11.8. The van der Waals surface area contributed by atoms with Crippen molar-refractivity contribution in [3.8, 4) is 5.92 Å². The Hall–Kier alpha value is -1.22. The zero-order valence-electron chi connectivity index (χ0n) is 10.5. The summed E-state index contributed by atoms with van der Waals surface area (Å²) in [6.45, 7) is 4.35. The normalized spacial score (nSPS) is 10.1. The van der Waals surface area contributed by atoms with Gasteiger partial charge in [-0.3, -0.25) is 0 Å². The number of hydrogen-bond donors (Lipinski definition) is 0. The summed E-state index contributed by atoms with van der Waals surface area (Å²) in [7, 11) is 0. The summed E-state index contributed by atoms with van der Waals surface area (Å²) in [5.41, 5.74) is 4.27. The highest BCUT2D eigenvalue weighted by atomic mass is 14.0. The Morgan fingerprint density at radius 3 is 2.56 bits per heavy atom. The first kappa shape index (κ1) is 12.8. The molecule has 0 spiro atoms. The van der Waals surface area contributed by atoms with Crippen molar-refractivity contribution in [1.29, 1.82) is 0 Å². The van der Waals surface area contributed by atoms with E-state index in [1.807, 2.05) is 0 Å². The zero-order valence-corrected chi connectivity index (χ0v) is 10.5. The van der Waals surface area contributed by atoms with Crippen LogP contribution in [0, 0.1) is 26.2 Å². The Morgan fingerprint density at radius 2 is 1.81 bits per heavy atom. The van der Waals surface area contributed by atoms with E-state index in [0.717, 1.165) is 12.8 Å². The van der Waals surface area contributed by atoms with Gasteiger partial charge in [-0.2, -0.15) is 0 Å². The van der Waals surface area contributed by atoms with Crippen LogP contribution in [0.4, 0.5) is 0 Å². The van der Waals surface area contributed by atoms with Crippen molar-refractivity contribution >= 4 is 0 Å². The minimum absolute atomic E-state index is 0.823. The molecule has 0 fully saturated rings. The molecule has 16 heavy (non-hydrogen) atoms. The molecule has 0 aliphatic carbocycles. The van der Waals surface area contributed by atoms with Crippen molar-refractivity contribution in [3.05, 3.63) is 41.3 Å². The second-order valence-electron chi connectivity index (χ2n) is 4.52. The average Bonchev–Trinajstić information content (AvgIpc) is 2.28. The highest BCUT2D eigenvalue weighted by Gasteiger charge is 1.98. The topological polar surface area (TPSA) is 0 Å². The van der Waals surface area contributed by atoms with Crippen molar-refractivity contribution in [2.75, 3.05) is 0 Å². The number of hydrogen-bond acceptors (Lipinski definition) is 0. The minimum Gasteiger partial charge on any atom is -0.0891 e. The first-order chi connectivity index (χ1) is 7.74. The van der Waals surface area contributed by atoms with Gasteiger partial charge in [0.25, 0.3) is 0 Å². The van der Waals surface area contributed by atoms with Crippen molar-refractivity contribution in [2.45, 2.75) is 52.4 Å². The molecule has 0 saturated heterocycles. The van der Waals surface area contributed by atoms with Crippen LogP contribution in [0.25, 0.3) is 0 Å². The molecule has 0 unspecified atom stereocenters. The third-order valence-corrected chi connectivity index (χ3v) is 3.00. The van der Waals surface area contributed by atoms with Crippen LogP contribution in [-0.4, -0.2) is 0 Å². The smallest absolute Gasteiger partial charge is 0.00989 e. The summed E-state index contributed by atoms with van der Waals surface area (Å²) in [4.78, 5) is 0. The molecule has 0 atom stereocenters. The standard InChI is InChI=1S/C16H21/c1-4-5-6-7-8-9-10-16-13-14(2)11-12-15(16)3/h11-13H,5-10H2,2-3H3. The van der Waals surface area contributed by atoms with E-state index in [2.05, 4.69) is 38.0 Å². The molecule has 85 valence electrons. The number of rotatable bonds is 6. The van der Waals surface area contributed by atoms with Gasteiger partial charge >= 0.3 is 0 Å². The molecule has 0 bridgehead atoms. The quantitative estimate of drug-likeness (QED) is 0.486. The van der Waals surface area contributed by atoms with E-state index >= 15 is 0 Å². The van der Waals surface area contributed by atoms with Gasteiger partial charge in [0.15, 0.2) is 0 Å². The minimum atomic E-state index is 0.823. The molecule has 1 radical (unpaired) electrons. The second-order valence-corrected chi connectivity index (χ2v) is 4.52. The van der Waals surface area contributed by atoms with E-state index in [1.54, 1.807) is 0 Å². The van der Waals surface area contributed by atoms with Crippen molar-refractivity contribution < 1.29 is 0 Å². The lowest BCUT2D eigenvalue weighted by atomic mass is 9.99. The Labute approximate surface area is 100 Å². The lowest BCUT2D eigenvalue weighted by Crippen LogP contribution is -1.91. The SMILES string of the molecule is [C]#CCCCCCCc1cc(C)ccc1C. The lowest BCUT2D eigenvalue weighted by Gasteiger charge is -2.06. The van der Waals surface area contributed by atoms with E-state index in [-0.39, 0.29) is 0 Å². The van der Waals surface area contributed by atoms with E-state index < -0.39 is 0 Å². The van der Waals surface area contributed by atoms with Gasteiger partial charge in [0.2, 0.25) is 0 Å². The van der Waals surface area contributed by atoms with Crippen LogP contribution in [0.15, 0.2) is 18.2 Å². The summed E-state index contributed by atoms with van der Waals surface area (Å²) >= 11 is 0. The predicted octanol–water partition coefficient (Wildman–Crippen LogP) is 4.39. The highest BCUT2D eigenvalue weighted by Crippen LogP contribution is 2.14. The van der Waals surface area contributed by atoms with Crippen LogP contribution < -0.4 is 0 Å². The Bertz CT molecular complexity index is 355. The van der Waals surface area contributed by atoms with E-state index in [9.17, 15) is 0 Å². The van der Waals surface area contributed by atoms with Gasteiger partial charge < -0.3 is 0 Å². The molecule has 0 heteroatoms. The molecule has 0 amide bonds. The largest absolute Gasteiger partial charge is 0.0891 e. The summed E-state index contributed by atoms with van der Waals surface area (Å²) in [6.07, 6.45) is 13.7. The first-order valence-corrected chi connectivity index (χ1v) is 6.20. The molecule has 0 aliphatic rings. The molecule has 0 saturated carbocycles. The van der Waals surface area contributed by atoms with Gasteiger partial charge in [-0.05, 0) is 50.7 Å². The number of benzene rings is 1. The summed E-state index contributed by atoms with van der Waals surface area (Å²) in [6, 6.07) is 6.70. The van der Waals surface area contributed by atoms with Crippen LogP contribution >= 0.6 is 0 Å². The average molecular weight is 213 g/mol. The first-order valence-electron chi connectivity index (χ1n) is 6.20. The monoisotopic (exact) mass is 213 g/mol. The van der Waals surface area contributed by atoms with Crippen LogP contribution in [0.3, 0.4) is 0 Å². The molecule has 0 N–H and O–H groups in total. The Balaban J connectivity index is 2.27. The van der Waals surface area contributed by atoms with Crippen LogP contribution in [0.5, 0.6) is 0 Å². The molecule has 0 nitrogen and oxygen atoms in total. The van der Waals surface area contributed by atoms with Gasteiger partial charge in [0, 0.05) is 6.42 Å². The molecular weight excluding hydrogens is 192 g/mol. The fourth-order valence-electron chi connectivity index (χ4n) is 1.95. The fourth-order valence-corrected chi connectivity index (χ4v) is 1.95. The maximum absolute atomic E-state index is 6.82. The third-order valence-electron chi connectivity index (χ3n) is 3.00. The van der Waals surface area contributed by atoms with Crippen LogP contribution in [0.2, 0.25) is 0 Å². The highest BCUT2D eigenvalue weighted by molar-refractivity contribution is 5.30. The maximum atomic E-state index is 6.82. The van der Waals surface area contributed by atoms with Gasteiger partial charge in [-0.15, -0.1) is 0 Å². The molecule has 1 rings (SSSR count). The Morgan fingerprint density at radius 1 is 1.06 bits per heavy atom. The maximum Gasteiger partial charge on any atom is 0.00989 e. The number of unbranched alkanes of at least 4 members (excludes halogenated alkanes) is 4.